The van der Waals surface area contributed by atoms with E-state index in [4.69, 9.17) is 4.42 Å². The van der Waals surface area contributed by atoms with Gasteiger partial charge in [-0.15, -0.1) is 0 Å². The molecule has 7 heteroatoms. The van der Waals surface area contributed by atoms with E-state index in [1.165, 1.54) is 19.3 Å². The molecular weight excluding hydrogens is 368 g/mol. The van der Waals surface area contributed by atoms with Gasteiger partial charge < -0.3 is 14.7 Å². The first-order valence-electron chi connectivity index (χ1n) is 10.2. The van der Waals surface area contributed by atoms with E-state index in [1.54, 1.807) is 6.26 Å². The minimum Gasteiger partial charge on any atom is -0.468 e. The van der Waals surface area contributed by atoms with Crippen molar-refractivity contribution in [2.75, 3.05) is 19.6 Å². The summed E-state index contributed by atoms with van der Waals surface area (Å²) in [6.07, 6.45) is 5.79. The molecule has 1 aromatic carbocycles. The first-order chi connectivity index (χ1) is 14.2. The highest BCUT2D eigenvalue weighted by Gasteiger charge is 2.24. The highest BCUT2D eigenvalue weighted by molar-refractivity contribution is 5.76. The van der Waals surface area contributed by atoms with E-state index in [-0.39, 0.29) is 23.9 Å². The van der Waals surface area contributed by atoms with Crippen LogP contribution in [0.1, 0.15) is 43.2 Å². The number of hydrogen-bond donors (Lipinski definition) is 2. The Kier molecular flexibility index (Phi) is 6.05. The summed E-state index contributed by atoms with van der Waals surface area (Å²) in [6, 6.07) is 11.3. The van der Waals surface area contributed by atoms with Crippen molar-refractivity contribution in [1.29, 1.82) is 0 Å². The van der Waals surface area contributed by atoms with Crippen LogP contribution in [0.25, 0.3) is 11.0 Å². The van der Waals surface area contributed by atoms with Crippen LogP contribution in [0.4, 0.5) is 0 Å². The second-order valence-corrected chi connectivity index (χ2v) is 7.46. The van der Waals surface area contributed by atoms with Gasteiger partial charge in [0.2, 0.25) is 5.91 Å². The second kappa shape index (κ2) is 9.05. The van der Waals surface area contributed by atoms with Crippen molar-refractivity contribution < 1.29 is 9.21 Å². The van der Waals surface area contributed by atoms with Crippen LogP contribution in [0.15, 0.2) is 51.9 Å². The number of amides is 1. The number of rotatable bonds is 7. The molecule has 3 aromatic rings. The number of H-pyrrole nitrogens is 1. The van der Waals surface area contributed by atoms with E-state index in [0.29, 0.717) is 24.2 Å². The minimum atomic E-state index is -0.238. The Labute approximate surface area is 169 Å². The summed E-state index contributed by atoms with van der Waals surface area (Å²) in [4.78, 5) is 34.3. The maximum absolute atomic E-state index is 12.4. The maximum Gasteiger partial charge on any atom is 0.270 e. The number of aromatic nitrogens is 2. The fourth-order valence-corrected chi connectivity index (χ4v) is 3.89. The first-order valence-corrected chi connectivity index (χ1v) is 10.2. The Morgan fingerprint density at radius 2 is 2.00 bits per heavy atom. The Balaban J connectivity index is 1.36. The quantitative estimate of drug-likeness (QED) is 0.643. The van der Waals surface area contributed by atoms with Crippen molar-refractivity contribution in [2.24, 2.45) is 0 Å². The number of piperidine rings is 1. The van der Waals surface area contributed by atoms with E-state index in [9.17, 15) is 9.59 Å². The van der Waals surface area contributed by atoms with Crippen LogP contribution < -0.4 is 10.9 Å². The lowest BCUT2D eigenvalue weighted by Crippen LogP contribution is -2.40. The Morgan fingerprint density at radius 1 is 1.17 bits per heavy atom. The lowest BCUT2D eigenvalue weighted by molar-refractivity contribution is -0.121. The Morgan fingerprint density at radius 3 is 2.79 bits per heavy atom. The van der Waals surface area contributed by atoms with Gasteiger partial charge >= 0.3 is 0 Å². The molecule has 29 heavy (non-hydrogen) atoms. The minimum absolute atomic E-state index is 0.0384. The van der Waals surface area contributed by atoms with Crippen LogP contribution in [0, 0.1) is 0 Å². The third-order valence-electron chi connectivity index (χ3n) is 5.45. The molecule has 2 N–H and O–H groups in total. The average Bonchev–Trinajstić information content (AvgIpc) is 3.28. The van der Waals surface area contributed by atoms with Crippen LogP contribution >= 0.6 is 0 Å². The normalized spacial score (nSPS) is 16.0. The van der Waals surface area contributed by atoms with E-state index in [2.05, 4.69) is 20.2 Å². The van der Waals surface area contributed by atoms with Gasteiger partial charge in [0.05, 0.1) is 23.3 Å². The molecule has 1 atom stereocenters. The van der Waals surface area contributed by atoms with Crippen molar-refractivity contribution >= 4 is 16.9 Å². The molecule has 0 saturated carbocycles. The molecule has 1 aliphatic rings. The lowest BCUT2D eigenvalue weighted by atomic mass is 10.1. The zero-order chi connectivity index (χ0) is 20.1. The van der Waals surface area contributed by atoms with Crippen LogP contribution in [0.3, 0.4) is 0 Å². The monoisotopic (exact) mass is 394 g/mol. The van der Waals surface area contributed by atoms with Gasteiger partial charge in [0.15, 0.2) is 0 Å². The largest absolute Gasteiger partial charge is 0.468 e. The first kappa shape index (κ1) is 19.4. The molecule has 1 aliphatic heterocycles. The number of para-hydroxylation sites is 2. The number of aryl methyl sites for hydroxylation is 1. The Bertz CT molecular complexity index is 1010. The predicted octanol–water partition coefficient (Wildman–Crippen LogP) is 2.79. The van der Waals surface area contributed by atoms with Gasteiger partial charge in [-0.3, -0.25) is 14.5 Å². The smallest absolute Gasteiger partial charge is 0.270 e. The molecule has 152 valence electrons. The third kappa shape index (κ3) is 4.74. The topological polar surface area (TPSA) is 91.2 Å². The number of carbonyl (C=O) groups excluding carboxylic acids is 1. The highest BCUT2D eigenvalue weighted by Crippen LogP contribution is 2.24. The average molecular weight is 394 g/mol. The number of fused-ring (bicyclic) bond motifs is 1. The molecule has 2 aromatic heterocycles. The molecule has 7 nitrogen and oxygen atoms in total. The fraction of sp³-hybridized carbons (Fsp3) is 0.409. The summed E-state index contributed by atoms with van der Waals surface area (Å²) < 4.78 is 5.62. The second-order valence-electron chi connectivity index (χ2n) is 7.46. The van der Waals surface area contributed by atoms with Crippen LogP contribution in [-0.2, 0) is 11.2 Å². The number of hydrogen-bond acceptors (Lipinski definition) is 5. The molecule has 3 heterocycles. The molecule has 0 radical (unpaired) electrons. The number of nitrogens with zero attached hydrogens (tertiary/aromatic N) is 2. The molecule has 1 fully saturated rings. The maximum atomic E-state index is 12.4. The number of aromatic amines is 1. The van der Waals surface area contributed by atoms with E-state index in [1.807, 2.05) is 36.4 Å². The molecule has 1 amide bonds. The Hall–Kier alpha value is -2.93. The van der Waals surface area contributed by atoms with Crippen LogP contribution in [0.2, 0.25) is 0 Å². The van der Waals surface area contributed by atoms with E-state index >= 15 is 0 Å². The van der Waals surface area contributed by atoms with Gasteiger partial charge in [-0.2, -0.15) is 0 Å². The number of furan rings is 1. The molecule has 0 bridgehead atoms. The third-order valence-corrected chi connectivity index (χ3v) is 5.45. The SMILES string of the molecule is O=C(CCc1nc2ccccc2[nH]c1=O)NC[C@@H](c1ccco1)N1CCCCC1. The van der Waals surface area contributed by atoms with Gasteiger partial charge in [-0.25, -0.2) is 4.98 Å². The van der Waals surface area contributed by atoms with Gasteiger partial charge in [0, 0.05) is 19.4 Å². The van der Waals surface area contributed by atoms with Gasteiger partial charge in [-0.05, 0) is 50.2 Å². The molecular formula is C22H26N4O3. The summed E-state index contributed by atoms with van der Waals surface area (Å²) in [7, 11) is 0. The van der Waals surface area contributed by atoms with Crippen LogP contribution in [-0.4, -0.2) is 40.4 Å². The van der Waals surface area contributed by atoms with Gasteiger partial charge in [0.25, 0.3) is 5.56 Å². The zero-order valence-electron chi connectivity index (χ0n) is 16.4. The fourth-order valence-electron chi connectivity index (χ4n) is 3.89. The molecule has 1 saturated heterocycles. The lowest BCUT2D eigenvalue weighted by Gasteiger charge is -2.33. The van der Waals surface area contributed by atoms with Gasteiger partial charge in [-0.1, -0.05) is 18.6 Å². The molecule has 4 rings (SSSR count). The molecule has 0 unspecified atom stereocenters. The van der Waals surface area contributed by atoms with Crippen molar-refractivity contribution in [1.82, 2.24) is 20.2 Å². The van der Waals surface area contributed by atoms with Crippen LogP contribution in [0.5, 0.6) is 0 Å². The van der Waals surface area contributed by atoms with Crippen molar-refractivity contribution in [3.05, 3.63) is 64.5 Å². The number of benzene rings is 1. The summed E-state index contributed by atoms with van der Waals surface area (Å²) in [6.45, 7) is 2.52. The summed E-state index contributed by atoms with van der Waals surface area (Å²) in [5.74, 6) is 0.785. The summed E-state index contributed by atoms with van der Waals surface area (Å²) >= 11 is 0. The zero-order valence-corrected chi connectivity index (χ0v) is 16.4. The number of carbonyl (C=O) groups is 1. The summed E-state index contributed by atoms with van der Waals surface area (Å²) in [5.41, 5.74) is 1.58. The summed E-state index contributed by atoms with van der Waals surface area (Å²) in [5, 5.41) is 3.01. The van der Waals surface area contributed by atoms with Crippen molar-refractivity contribution in [2.45, 2.75) is 38.1 Å². The van der Waals surface area contributed by atoms with Crippen molar-refractivity contribution in [3.63, 3.8) is 0 Å². The van der Waals surface area contributed by atoms with E-state index in [0.717, 1.165) is 24.4 Å². The van der Waals surface area contributed by atoms with E-state index < -0.39 is 0 Å². The number of nitrogens with one attached hydrogen (secondary N) is 2. The predicted molar refractivity (Wildman–Crippen MR) is 111 cm³/mol. The van der Waals surface area contributed by atoms with Gasteiger partial charge in [0.1, 0.15) is 11.5 Å². The number of likely N-dealkylation sites (tertiary alicyclic amines) is 1. The molecule has 0 aliphatic carbocycles. The highest BCUT2D eigenvalue weighted by atomic mass is 16.3. The van der Waals surface area contributed by atoms with Crippen molar-refractivity contribution in [3.8, 4) is 0 Å². The molecule has 0 spiro atoms. The standard InChI is InChI=1S/C22H26N4O3/c27-21(11-10-18-22(28)25-17-8-3-2-7-16(17)24-18)23-15-19(20-9-6-14-29-20)26-12-4-1-5-13-26/h2-3,6-9,14,19H,1,4-5,10-13,15H2,(H,23,27)(H,25,28)/t19-/m0/s1.